The van der Waals surface area contributed by atoms with Gasteiger partial charge in [0.25, 0.3) is 0 Å². The summed E-state index contributed by atoms with van der Waals surface area (Å²) in [6.45, 7) is 2.03. The number of hydrogen-bond acceptors (Lipinski definition) is 0. The number of benzene rings is 1. The number of aryl methyl sites for hydroxylation is 1. The largest absolute Gasteiger partial charge is 0.350 e. The van der Waals surface area contributed by atoms with Crippen LogP contribution < -0.4 is 0 Å². The number of para-hydroxylation sites is 1. The van der Waals surface area contributed by atoms with Crippen molar-refractivity contribution in [1.82, 2.24) is 4.57 Å². The smallest absolute Gasteiger partial charge is 0.0480 e. The first-order valence-corrected chi connectivity index (χ1v) is 5.29. The van der Waals surface area contributed by atoms with Gasteiger partial charge in [-0.25, -0.2) is 0 Å². The molecule has 0 saturated carbocycles. The second-order valence-corrected chi connectivity index (χ2v) is 4.51. The van der Waals surface area contributed by atoms with E-state index in [1.165, 1.54) is 16.5 Å². The van der Waals surface area contributed by atoms with Crippen molar-refractivity contribution < 1.29 is 0 Å². The molecule has 0 N–H and O–H groups in total. The van der Waals surface area contributed by atoms with Gasteiger partial charge in [-0.2, -0.15) is 0 Å². The number of aromatic nitrogens is 1. The maximum atomic E-state index is 6.01. The van der Waals surface area contributed by atoms with E-state index < -0.39 is 0 Å². The fraction of sp³-hybridized carbons (Fsp3) is 0.333. The van der Waals surface area contributed by atoms with Crippen molar-refractivity contribution in [1.29, 1.82) is 0 Å². The Morgan fingerprint density at radius 2 is 2.07 bits per heavy atom. The first kappa shape index (κ1) is 9.60. The van der Waals surface area contributed by atoms with E-state index in [9.17, 15) is 0 Å². The van der Waals surface area contributed by atoms with Gasteiger partial charge in [0.1, 0.15) is 0 Å². The van der Waals surface area contributed by atoms with Gasteiger partial charge in [-0.3, -0.25) is 0 Å². The fourth-order valence-electron chi connectivity index (χ4n) is 1.89. The Kier molecular flexibility index (Phi) is 2.51. The summed E-state index contributed by atoms with van der Waals surface area (Å²) in [5, 5.41) is 1.52. The highest BCUT2D eigenvalue weighted by atomic mass is 35.5. The second kappa shape index (κ2) is 3.66. The number of halogens is 1. The van der Waals surface area contributed by atoms with E-state index in [-0.39, 0.29) is 5.38 Å². The van der Waals surface area contributed by atoms with Gasteiger partial charge < -0.3 is 4.57 Å². The van der Waals surface area contributed by atoms with Gasteiger partial charge in [0, 0.05) is 29.5 Å². The molecule has 1 aromatic carbocycles. The molecule has 14 heavy (non-hydrogen) atoms. The van der Waals surface area contributed by atoms with Crippen LogP contribution in [0.15, 0.2) is 30.5 Å². The van der Waals surface area contributed by atoms with Gasteiger partial charge >= 0.3 is 0 Å². The van der Waals surface area contributed by atoms with Crippen LogP contribution in [-0.2, 0) is 13.5 Å². The maximum Gasteiger partial charge on any atom is 0.0480 e. The summed E-state index contributed by atoms with van der Waals surface area (Å²) in [4.78, 5) is 0. The van der Waals surface area contributed by atoms with Crippen LogP contribution >= 0.6 is 11.6 Å². The van der Waals surface area contributed by atoms with Gasteiger partial charge in [-0.15, -0.1) is 11.6 Å². The summed E-state index contributed by atoms with van der Waals surface area (Å²) < 4.78 is 2.16. The first-order chi connectivity index (χ1) is 6.68. The van der Waals surface area contributed by atoms with E-state index in [0.717, 1.165) is 6.42 Å². The molecule has 2 heteroatoms. The highest BCUT2D eigenvalue weighted by Gasteiger charge is 2.07. The van der Waals surface area contributed by atoms with Gasteiger partial charge in [0.2, 0.25) is 0 Å². The molecule has 0 spiro atoms. The van der Waals surface area contributed by atoms with E-state index in [0.29, 0.717) is 0 Å². The highest BCUT2D eigenvalue weighted by molar-refractivity contribution is 6.20. The van der Waals surface area contributed by atoms with Crippen molar-refractivity contribution in [3.8, 4) is 0 Å². The van der Waals surface area contributed by atoms with Crippen LogP contribution in [0.25, 0.3) is 10.9 Å². The number of hydrogen-bond donors (Lipinski definition) is 0. The molecule has 0 aliphatic carbocycles. The molecular formula is C12H14ClN. The van der Waals surface area contributed by atoms with Crippen LogP contribution in [0.5, 0.6) is 0 Å². The van der Waals surface area contributed by atoms with E-state index in [4.69, 9.17) is 11.6 Å². The molecule has 0 amide bonds. The van der Waals surface area contributed by atoms with E-state index in [1.54, 1.807) is 0 Å². The lowest BCUT2D eigenvalue weighted by molar-refractivity contribution is 0.909. The van der Waals surface area contributed by atoms with Crippen molar-refractivity contribution in [3.63, 3.8) is 0 Å². The van der Waals surface area contributed by atoms with Crippen molar-refractivity contribution >= 4 is 22.5 Å². The van der Waals surface area contributed by atoms with Gasteiger partial charge in [-0.1, -0.05) is 18.2 Å². The molecule has 1 aromatic heterocycles. The van der Waals surface area contributed by atoms with Gasteiger partial charge in [0.15, 0.2) is 0 Å². The third kappa shape index (κ3) is 1.64. The molecule has 0 saturated heterocycles. The minimum absolute atomic E-state index is 0.195. The Hall–Kier alpha value is -0.950. The zero-order valence-electron chi connectivity index (χ0n) is 8.50. The summed E-state index contributed by atoms with van der Waals surface area (Å²) in [5.74, 6) is 0. The predicted octanol–water partition coefficient (Wildman–Crippen LogP) is 3.35. The van der Waals surface area contributed by atoms with Crippen molar-refractivity contribution in [2.45, 2.75) is 18.7 Å². The quantitative estimate of drug-likeness (QED) is 0.666. The summed E-state index contributed by atoms with van der Waals surface area (Å²) in [7, 11) is 2.07. The highest BCUT2D eigenvalue weighted by Crippen LogP contribution is 2.22. The molecule has 1 atom stereocenters. The SMILES string of the molecule is CC(Cl)Cc1cn(C)c2ccccc12. The van der Waals surface area contributed by atoms with Crippen molar-refractivity contribution in [2.75, 3.05) is 0 Å². The molecular weight excluding hydrogens is 194 g/mol. The van der Waals surface area contributed by atoms with E-state index in [2.05, 4.69) is 42.1 Å². The Morgan fingerprint density at radius 1 is 1.36 bits per heavy atom. The lowest BCUT2D eigenvalue weighted by Crippen LogP contribution is -1.95. The number of alkyl halides is 1. The Labute approximate surface area is 89.3 Å². The maximum absolute atomic E-state index is 6.01. The zero-order chi connectivity index (χ0) is 10.1. The molecule has 0 aliphatic heterocycles. The molecule has 2 aromatic rings. The van der Waals surface area contributed by atoms with Crippen LogP contribution in [0.1, 0.15) is 12.5 Å². The van der Waals surface area contributed by atoms with Gasteiger partial charge in [0.05, 0.1) is 0 Å². The van der Waals surface area contributed by atoms with Crippen LogP contribution in [-0.4, -0.2) is 9.94 Å². The minimum Gasteiger partial charge on any atom is -0.350 e. The third-order valence-corrected chi connectivity index (χ3v) is 2.63. The molecule has 74 valence electrons. The number of rotatable bonds is 2. The number of fused-ring (bicyclic) bond motifs is 1. The molecule has 0 fully saturated rings. The molecule has 0 aliphatic rings. The third-order valence-electron chi connectivity index (χ3n) is 2.48. The molecule has 1 nitrogen and oxygen atoms in total. The summed E-state index contributed by atoms with van der Waals surface area (Å²) in [6, 6.07) is 8.43. The topological polar surface area (TPSA) is 4.93 Å². The Morgan fingerprint density at radius 3 is 2.79 bits per heavy atom. The Balaban J connectivity index is 2.55. The van der Waals surface area contributed by atoms with Gasteiger partial charge in [-0.05, 0) is 25.0 Å². The summed E-state index contributed by atoms with van der Waals surface area (Å²) >= 11 is 6.01. The van der Waals surface area contributed by atoms with E-state index in [1.807, 2.05) is 6.92 Å². The Bertz CT molecular complexity index is 443. The van der Waals surface area contributed by atoms with Crippen LogP contribution in [0.4, 0.5) is 0 Å². The first-order valence-electron chi connectivity index (χ1n) is 4.85. The van der Waals surface area contributed by atoms with E-state index >= 15 is 0 Å². The van der Waals surface area contributed by atoms with Crippen molar-refractivity contribution in [2.24, 2.45) is 7.05 Å². The summed E-state index contributed by atoms with van der Waals surface area (Å²) in [5.41, 5.74) is 2.62. The van der Waals surface area contributed by atoms with Crippen LogP contribution in [0.3, 0.4) is 0 Å². The average Bonchev–Trinajstić information content (AvgIpc) is 2.44. The minimum atomic E-state index is 0.195. The number of nitrogens with zero attached hydrogens (tertiary/aromatic N) is 1. The van der Waals surface area contributed by atoms with Crippen LogP contribution in [0, 0.1) is 0 Å². The standard InChI is InChI=1S/C12H14ClN/c1-9(13)7-10-8-14(2)12-6-4-3-5-11(10)12/h3-6,8-9H,7H2,1-2H3. The molecule has 0 radical (unpaired) electrons. The molecule has 0 bridgehead atoms. The summed E-state index contributed by atoms with van der Waals surface area (Å²) in [6.07, 6.45) is 3.10. The normalized spacial score (nSPS) is 13.4. The molecule has 2 rings (SSSR count). The monoisotopic (exact) mass is 207 g/mol. The molecule has 1 unspecified atom stereocenters. The van der Waals surface area contributed by atoms with Crippen molar-refractivity contribution in [3.05, 3.63) is 36.0 Å². The lowest BCUT2D eigenvalue weighted by atomic mass is 10.1. The zero-order valence-corrected chi connectivity index (χ0v) is 9.25. The predicted molar refractivity (Wildman–Crippen MR) is 61.9 cm³/mol. The van der Waals surface area contributed by atoms with Crippen LogP contribution in [0.2, 0.25) is 0 Å². The molecule has 1 heterocycles. The lowest BCUT2D eigenvalue weighted by Gasteiger charge is -2.00. The average molecular weight is 208 g/mol. The second-order valence-electron chi connectivity index (χ2n) is 3.77. The fourth-order valence-corrected chi connectivity index (χ4v) is 2.06.